The van der Waals surface area contributed by atoms with E-state index in [9.17, 15) is 8.42 Å². The predicted octanol–water partition coefficient (Wildman–Crippen LogP) is 2.09. The van der Waals surface area contributed by atoms with Crippen molar-refractivity contribution in [2.24, 2.45) is 0 Å². The highest BCUT2D eigenvalue weighted by Gasteiger charge is 2.24. The Balaban J connectivity index is 0.00000220. The zero-order chi connectivity index (χ0) is 14.4. The molecule has 1 aliphatic heterocycles. The maximum absolute atomic E-state index is 11.8. The van der Waals surface area contributed by atoms with E-state index in [-0.39, 0.29) is 18.2 Å². The summed E-state index contributed by atoms with van der Waals surface area (Å²) in [6.45, 7) is 5.39. The molecule has 0 amide bonds. The Hall–Kier alpha value is -0.880. The summed E-state index contributed by atoms with van der Waals surface area (Å²) >= 11 is 0. The third-order valence-corrected chi connectivity index (χ3v) is 5.44. The van der Waals surface area contributed by atoms with Crippen molar-refractivity contribution >= 4 is 28.5 Å². The number of nitrogens with zero attached hydrogens (tertiary/aromatic N) is 2. The van der Waals surface area contributed by atoms with Gasteiger partial charge in [-0.05, 0) is 12.5 Å². The lowest BCUT2D eigenvalue weighted by atomic mass is 10.2. The molecular formula is C15H23ClN2O2S. The van der Waals surface area contributed by atoms with E-state index in [1.54, 1.807) is 11.2 Å². The van der Waals surface area contributed by atoms with Crippen molar-refractivity contribution < 1.29 is 8.42 Å². The number of piperazine rings is 1. The molecular weight excluding hydrogens is 308 g/mol. The van der Waals surface area contributed by atoms with Gasteiger partial charge < -0.3 is 0 Å². The van der Waals surface area contributed by atoms with Crippen LogP contribution in [0.15, 0.2) is 36.4 Å². The quantitative estimate of drug-likeness (QED) is 0.830. The van der Waals surface area contributed by atoms with Crippen molar-refractivity contribution in [3.8, 4) is 0 Å². The molecule has 0 aromatic heterocycles. The van der Waals surface area contributed by atoms with E-state index in [0.29, 0.717) is 13.1 Å². The highest BCUT2D eigenvalue weighted by atomic mass is 35.5. The van der Waals surface area contributed by atoms with Crippen LogP contribution in [0.2, 0.25) is 0 Å². The zero-order valence-corrected chi connectivity index (χ0v) is 13.9. The van der Waals surface area contributed by atoms with Crippen molar-refractivity contribution in [2.75, 3.05) is 38.5 Å². The summed E-state index contributed by atoms with van der Waals surface area (Å²) in [5.41, 5.74) is 1.19. The third-order valence-electron chi connectivity index (χ3n) is 3.56. The van der Waals surface area contributed by atoms with Crippen molar-refractivity contribution in [3.63, 3.8) is 0 Å². The van der Waals surface area contributed by atoms with Crippen LogP contribution in [0, 0.1) is 0 Å². The van der Waals surface area contributed by atoms with Crippen molar-refractivity contribution in [2.45, 2.75) is 6.92 Å². The predicted molar refractivity (Wildman–Crippen MR) is 90.2 cm³/mol. The molecule has 1 aliphatic rings. The van der Waals surface area contributed by atoms with Crippen LogP contribution < -0.4 is 0 Å². The molecule has 0 unspecified atom stereocenters. The molecule has 6 heteroatoms. The van der Waals surface area contributed by atoms with Crippen LogP contribution in [0.25, 0.3) is 6.08 Å². The Morgan fingerprint density at radius 3 is 2.29 bits per heavy atom. The van der Waals surface area contributed by atoms with Gasteiger partial charge in [-0.1, -0.05) is 42.5 Å². The average molecular weight is 331 g/mol. The molecule has 4 nitrogen and oxygen atoms in total. The van der Waals surface area contributed by atoms with Gasteiger partial charge in [-0.2, -0.15) is 4.31 Å². The molecule has 1 aromatic rings. The minimum absolute atomic E-state index is 0. The average Bonchev–Trinajstić information content (AvgIpc) is 2.49. The number of hydrogen-bond acceptors (Lipinski definition) is 3. The first-order chi connectivity index (χ1) is 9.62. The summed E-state index contributed by atoms with van der Waals surface area (Å²) in [5.74, 6) is 0.195. The SMILES string of the molecule is CCS(=O)(=O)N1CCN(CC=Cc2ccccc2)CC1.Cl. The van der Waals surface area contributed by atoms with Crippen molar-refractivity contribution in [3.05, 3.63) is 42.0 Å². The molecule has 0 saturated carbocycles. The monoisotopic (exact) mass is 330 g/mol. The minimum atomic E-state index is -3.02. The van der Waals surface area contributed by atoms with Gasteiger partial charge in [0.25, 0.3) is 0 Å². The van der Waals surface area contributed by atoms with E-state index in [2.05, 4.69) is 29.2 Å². The number of sulfonamides is 1. The van der Waals surface area contributed by atoms with E-state index >= 15 is 0 Å². The van der Waals surface area contributed by atoms with Crippen LogP contribution in [0.4, 0.5) is 0 Å². The molecule has 2 rings (SSSR count). The van der Waals surface area contributed by atoms with Gasteiger partial charge in [0.15, 0.2) is 0 Å². The first-order valence-corrected chi connectivity index (χ1v) is 8.64. The Morgan fingerprint density at radius 1 is 1.10 bits per heavy atom. The van der Waals surface area contributed by atoms with Gasteiger partial charge >= 0.3 is 0 Å². The number of hydrogen-bond donors (Lipinski definition) is 0. The van der Waals surface area contributed by atoms with Crippen LogP contribution in [0.1, 0.15) is 12.5 Å². The third kappa shape index (κ3) is 5.43. The maximum atomic E-state index is 11.8. The van der Waals surface area contributed by atoms with Gasteiger partial charge in [0.1, 0.15) is 0 Å². The summed E-state index contributed by atoms with van der Waals surface area (Å²) in [4.78, 5) is 2.28. The van der Waals surface area contributed by atoms with E-state index < -0.39 is 10.0 Å². The molecule has 21 heavy (non-hydrogen) atoms. The molecule has 1 saturated heterocycles. The van der Waals surface area contributed by atoms with E-state index in [1.165, 1.54) is 5.56 Å². The summed E-state index contributed by atoms with van der Waals surface area (Å²) in [7, 11) is -3.02. The Morgan fingerprint density at radius 2 is 1.71 bits per heavy atom. The Bertz CT molecular complexity index is 538. The molecule has 0 N–H and O–H groups in total. The number of rotatable bonds is 5. The standard InChI is InChI=1S/C15H22N2O2S.ClH/c1-2-20(18,19)17-13-11-16(12-14-17)10-6-9-15-7-4-3-5-8-15;/h3-9H,2,10-14H2,1H3;1H. The first kappa shape index (κ1) is 18.2. The Kier molecular flexibility index (Phi) is 7.39. The second kappa shape index (κ2) is 8.54. The Labute approximate surface area is 133 Å². The van der Waals surface area contributed by atoms with Gasteiger partial charge in [-0.3, -0.25) is 4.90 Å². The summed E-state index contributed by atoms with van der Waals surface area (Å²) < 4.78 is 25.1. The van der Waals surface area contributed by atoms with E-state index in [0.717, 1.165) is 19.6 Å². The summed E-state index contributed by atoms with van der Waals surface area (Å²) in [6.07, 6.45) is 4.24. The molecule has 1 heterocycles. The van der Waals surface area contributed by atoms with Gasteiger partial charge in [-0.15, -0.1) is 12.4 Å². The highest BCUT2D eigenvalue weighted by molar-refractivity contribution is 7.89. The zero-order valence-electron chi connectivity index (χ0n) is 12.3. The van der Waals surface area contributed by atoms with Gasteiger partial charge in [0, 0.05) is 32.7 Å². The smallest absolute Gasteiger partial charge is 0.213 e. The fourth-order valence-electron chi connectivity index (χ4n) is 2.27. The second-order valence-electron chi connectivity index (χ2n) is 4.91. The van der Waals surface area contributed by atoms with Crippen LogP contribution in [-0.2, 0) is 10.0 Å². The van der Waals surface area contributed by atoms with E-state index in [4.69, 9.17) is 0 Å². The normalized spacial score (nSPS) is 17.8. The first-order valence-electron chi connectivity index (χ1n) is 7.03. The molecule has 118 valence electrons. The lowest BCUT2D eigenvalue weighted by molar-refractivity contribution is 0.205. The van der Waals surface area contributed by atoms with Crippen LogP contribution >= 0.6 is 12.4 Å². The summed E-state index contributed by atoms with van der Waals surface area (Å²) in [6, 6.07) is 10.2. The van der Waals surface area contributed by atoms with Gasteiger partial charge in [-0.25, -0.2) is 8.42 Å². The van der Waals surface area contributed by atoms with Crippen molar-refractivity contribution in [1.82, 2.24) is 9.21 Å². The maximum Gasteiger partial charge on any atom is 0.213 e. The number of benzene rings is 1. The topological polar surface area (TPSA) is 40.6 Å². The molecule has 0 bridgehead atoms. The molecule has 0 radical (unpaired) electrons. The summed E-state index contributed by atoms with van der Waals surface area (Å²) in [5, 5.41) is 0. The molecule has 0 aliphatic carbocycles. The second-order valence-corrected chi connectivity index (χ2v) is 7.17. The lowest BCUT2D eigenvalue weighted by Gasteiger charge is -2.33. The fraction of sp³-hybridized carbons (Fsp3) is 0.467. The van der Waals surface area contributed by atoms with Crippen LogP contribution in [-0.4, -0.2) is 56.1 Å². The van der Waals surface area contributed by atoms with Crippen molar-refractivity contribution in [1.29, 1.82) is 0 Å². The van der Waals surface area contributed by atoms with E-state index in [1.807, 2.05) is 18.2 Å². The van der Waals surface area contributed by atoms with Gasteiger partial charge in [0.2, 0.25) is 10.0 Å². The number of halogens is 1. The largest absolute Gasteiger partial charge is 0.297 e. The molecule has 0 spiro atoms. The lowest BCUT2D eigenvalue weighted by Crippen LogP contribution is -2.48. The van der Waals surface area contributed by atoms with Crippen LogP contribution in [0.5, 0.6) is 0 Å². The molecule has 1 aromatic carbocycles. The van der Waals surface area contributed by atoms with Gasteiger partial charge in [0.05, 0.1) is 5.75 Å². The fourth-order valence-corrected chi connectivity index (χ4v) is 3.36. The van der Waals surface area contributed by atoms with Crippen LogP contribution in [0.3, 0.4) is 0 Å². The molecule has 1 fully saturated rings. The highest BCUT2D eigenvalue weighted by Crippen LogP contribution is 2.08. The molecule has 0 atom stereocenters. The minimum Gasteiger partial charge on any atom is -0.297 e.